The van der Waals surface area contributed by atoms with E-state index in [1.807, 2.05) is 20.8 Å². The van der Waals surface area contributed by atoms with Crippen LogP contribution in [0.3, 0.4) is 0 Å². The number of ether oxygens (including phenoxy) is 1. The van der Waals surface area contributed by atoms with Crippen LogP contribution in [-0.4, -0.2) is 28.1 Å². The Morgan fingerprint density at radius 3 is 2.88 bits per heavy atom. The molecule has 0 saturated heterocycles. The first-order valence-electron chi connectivity index (χ1n) is 5.47. The minimum absolute atomic E-state index is 0.310. The molecule has 2 heterocycles. The Morgan fingerprint density at radius 1 is 1.53 bits per heavy atom. The molecular formula is C11H15BrN2O3. The Labute approximate surface area is 108 Å². The van der Waals surface area contributed by atoms with Crippen LogP contribution >= 0.6 is 15.9 Å². The summed E-state index contributed by atoms with van der Waals surface area (Å²) in [5.41, 5.74) is 0.441. The van der Waals surface area contributed by atoms with Crippen molar-refractivity contribution in [2.75, 3.05) is 6.54 Å². The van der Waals surface area contributed by atoms with E-state index in [1.54, 1.807) is 4.90 Å². The highest BCUT2D eigenvalue weighted by molar-refractivity contribution is 9.10. The van der Waals surface area contributed by atoms with Crippen LogP contribution in [0.25, 0.3) is 0 Å². The lowest BCUT2D eigenvalue weighted by Crippen LogP contribution is -2.39. The van der Waals surface area contributed by atoms with Crippen LogP contribution in [0.5, 0.6) is 0 Å². The molecule has 1 aliphatic heterocycles. The van der Waals surface area contributed by atoms with Crippen molar-refractivity contribution in [3.63, 3.8) is 0 Å². The monoisotopic (exact) mass is 302 g/mol. The third-order valence-electron chi connectivity index (χ3n) is 2.36. The van der Waals surface area contributed by atoms with Crippen molar-refractivity contribution in [1.29, 1.82) is 0 Å². The number of fused-ring (bicyclic) bond motifs is 1. The van der Waals surface area contributed by atoms with E-state index < -0.39 is 5.60 Å². The van der Waals surface area contributed by atoms with Crippen molar-refractivity contribution in [2.45, 2.75) is 39.3 Å². The summed E-state index contributed by atoms with van der Waals surface area (Å²) in [5.74, 6) is 0.731. The molecule has 17 heavy (non-hydrogen) atoms. The van der Waals surface area contributed by atoms with Gasteiger partial charge in [-0.1, -0.05) is 0 Å². The molecule has 0 fully saturated rings. The molecule has 0 bridgehead atoms. The molecule has 5 nitrogen and oxygen atoms in total. The molecule has 1 amide bonds. The highest BCUT2D eigenvalue weighted by atomic mass is 79.9. The highest BCUT2D eigenvalue weighted by Crippen LogP contribution is 2.23. The van der Waals surface area contributed by atoms with Crippen molar-refractivity contribution < 1.29 is 13.9 Å². The summed E-state index contributed by atoms with van der Waals surface area (Å²) in [7, 11) is 0. The molecule has 0 radical (unpaired) electrons. The zero-order valence-electron chi connectivity index (χ0n) is 10.1. The maximum Gasteiger partial charge on any atom is 0.410 e. The van der Waals surface area contributed by atoms with Crippen LogP contribution in [0.15, 0.2) is 9.22 Å². The first kappa shape index (κ1) is 12.4. The van der Waals surface area contributed by atoms with Gasteiger partial charge in [0.05, 0.1) is 12.2 Å². The normalized spacial score (nSPS) is 15.6. The summed E-state index contributed by atoms with van der Waals surface area (Å²) in [6.45, 7) is 6.59. The molecule has 0 aromatic carbocycles. The van der Waals surface area contributed by atoms with Crippen LogP contribution in [0.1, 0.15) is 32.2 Å². The fourth-order valence-electron chi connectivity index (χ4n) is 1.65. The van der Waals surface area contributed by atoms with Crippen molar-refractivity contribution in [3.05, 3.63) is 16.3 Å². The fourth-order valence-corrected chi connectivity index (χ4v) is 2.06. The molecule has 1 aromatic rings. The molecule has 94 valence electrons. The largest absolute Gasteiger partial charge is 0.444 e. The van der Waals surface area contributed by atoms with E-state index in [0.29, 0.717) is 24.3 Å². The molecule has 2 rings (SSSR count). The second-order valence-electron chi connectivity index (χ2n) is 4.99. The van der Waals surface area contributed by atoms with Crippen LogP contribution < -0.4 is 0 Å². The lowest BCUT2D eigenvalue weighted by molar-refractivity contribution is 0.0208. The number of hydrogen-bond donors (Lipinski definition) is 0. The van der Waals surface area contributed by atoms with E-state index in [0.717, 1.165) is 11.5 Å². The Balaban J connectivity index is 2.05. The van der Waals surface area contributed by atoms with E-state index in [1.165, 1.54) is 0 Å². The van der Waals surface area contributed by atoms with Gasteiger partial charge in [0.1, 0.15) is 11.4 Å². The number of oxazole rings is 1. The molecule has 0 unspecified atom stereocenters. The molecule has 1 aromatic heterocycles. The molecule has 0 aliphatic carbocycles. The van der Waals surface area contributed by atoms with Gasteiger partial charge in [-0.05, 0) is 20.8 Å². The SMILES string of the molecule is CC(C)(C)OC(=O)N1CCc2nc(Br)oc2C1. The summed E-state index contributed by atoms with van der Waals surface area (Å²) in [4.78, 5) is 18.1. The first-order valence-corrected chi connectivity index (χ1v) is 6.26. The first-order chi connectivity index (χ1) is 7.85. The van der Waals surface area contributed by atoms with Gasteiger partial charge in [-0.15, -0.1) is 0 Å². The molecule has 0 saturated carbocycles. The van der Waals surface area contributed by atoms with E-state index in [4.69, 9.17) is 9.15 Å². The molecule has 0 spiro atoms. The molecule has 0 atom stereocenters. The zero-order valence-corrected chi connectivity index (χ0v) is 11.7. The van der Waals surface area contributed by atoms with E-state index in [2.05, 4.69) is 20.9 Å². The summed E-state index contributed by atoms with van der Waals surface area (Å²) >= 11 is 3.19. The number of rotatable bonds is 0. The third-order valence-corrected chi connectivity index (χ3v) is 2.70. The van der Waals surface area contributed by atoms with Crippen LogP contribution in [0.4, 0.5) is 4.79 Å². The summed E-state index contributed by atoms with van der Waals surface area (Å²) < 4.78 is 10.7. The number of carbonyl (C=O) groups excluding carboxylic acids is 1. The lowest BCUT2D eigenvalue weighted by Gasteiger charge is -2.28. The molecule has 6 heteroatoms. The zero-order chi connectivity index (χ0) is 12.6. The highest BCUT2D eigenvalue weighted by Gasteiger charge is 2.28. The van der Waals surface area contributed by atoms with E-state index in [-0.39, 0.29) is 6.09 Å². The van der Waals surface area contributed by atoms with Crippen molar-refractivity contribution in [1.82, 2.24) is 9.88 Å². The van der Waals surface area contributed by atoms with Crippen molar-refractivity contribution in [3.8, 4) is 0 Å². The van der Waals surface area contributed by atoms with Gasteiger partial charge in [-0.3, -0.25) is 0 Å². The minimum Gasteiger partial charge on any atom is -0.444 e. The standard InChI is InChI=1S/C11H15BrN2O3/c1-11(2,3)17-10(15)14-5-4-7-8(6-14)16-9(12)13-7/h4-6H2,1-3H3. The Kier molecular flexibility index (Phi) is 3.16. The quantitative estimate of drug-likeness (QED) is 0.739. The van der Waals surface area contributed by atoms with Gasteiger partial charge >= 0.3 is 6.09 Å². The smallest absolute Gasteiger partial charge is 0.410 e. The number of nitrogens with zero attached hydrogens (tertiary/aromatic N) is 2. The number of amides is 1. The molecular weight excluding hydrogens is 288 g/mol. The number of halogens is 1. The van der Waals surface area contributed by atoms with Gasteiger partial charge in [0.2, 0.25) is 0 Å². The topological polar surface area (TPSA) is 55.6 Å². The van der Waals surface area contributed by atoms with Crippen molar-refractivity contribution in [2.24, 2.45) is 0 Å². The average molecular weight is 303 g/mol. The second-order valence-corrected chi connectivity index (χ2v) is 5.67. The predicted octanol–water partition coefficient (Wildman–Crippen LogP) is 2.73. The summed E-state index contributed by atoms with van der Waals surface area (Å²) in [6, 6.07) is 0. The van der Waals surface area contributed by atoms with Gasteiger partial charge in [0.15, 0.2) is 0 Å². The number of hydrogen-bond acceptors (Lipinski definition) is 4. The van der Waals surface area contributed by atoms with Gasteiger partial charge in [0, 0.05) is 28.9 Å². The molecule has 0 N–H and O–H groups in total. The van der Waals surface area contributed by atoms with E-state index >= 15 is 0 Å². The number of aromatic nitrogens is 1. The van der Waals surface area contributed by atoms with Gasteiger partial charge in [0.25, 0.3) is 4.80 Å². The Bertz CT molecular complexity index is 436. The van der Waals surface area contributed by atoms with Crippen molar-refractivity contribution >= 4 is 22.0 Å². The van der Waals surface area contributed by atoms with E-state index in [9.17, 15) is 4.79 Å². The van der Waals surface area contributed by atoms with Gasteiger partial charge < -0.3 is 14.1 Å². The summed E-state index contributed by atoms with van der Waals surface area (Å²) in [5, 5.41) is 0. The molecule has 1 aliphatic rings. The fraction of sp³-hybridized carbons (Fsp3) is 0.636. The Hall–Kier alpha value is -1.04. The second kappa shape index (κ2) is 4.33. The lowest BCUT2D eigenvalue weighted by atomic mass is 10.1. The average Bonchev–Trinajstić information content (AvgIpc) is 2.53. The van der Waals surface area contributed by atoms with Gasteiger partial charge in [-0.25, -0.2) is 9.78 Å². The minimum atomic E-state index is -0.473. The maximum atomic E-state index is 11.9. The number of carbonyl (C=O) groups is 1. The maximum absolute atomic E-state index is 11.9. The van der Waals surface area contributed by atoms with Crippen LogP contribution in [0, 0.1) is 0 Å². The van der Waals surface area contributed by atoms with Crippen LogP contribution in [0.2, 0.25) is 0 Å². The van der Waals surface area contributed by atoms with Crippen LogP contribution in [-0.2, 0) is 17.7 Å². The summed E-state index contributed by atoms with van der Waals surface area (Å²) in [6.07, 6.45) is 0.389. The third kappa shape index (κ3) is 3.00. The predicted molar refractivity (Wildman–Crippen MR) is 64.6 cm³/mol. The van der Waals surface area contributed by atoms with Gasteiger partial charge in [-0.2, -0.15) is 0 Å². The Morgan fingerprint density at radius 2 is 2.24 bits per heavy atom.